The highest BCUT2D eigenvalue weighted by molar-refractivity contribution is 5.95. The lowest BCUT2D eigenvalue weighted by Gasteiger charge is -2.01. The number of aromatic amines is 1. The van der Waals surface area contributed by atoms with E-state index in [0.717, 1.165) is 35.1 Å². The zero-order valence-electron chi connectivity index (χ0n) is 10.0. The van der Waals surface area contributed by atoms with Crippen molar-refractivity contribution in [3.05, 3.63) is 48.2 Å². The molecule has 2 aromatic rings. The van der Waals surface area contributed by atoms with E-state index in [1.54, 1.807) is 0 Å². The van der Waals surface area contributed by atoms with Gasteiger partial charge in [0.15, 0.2) is 0 Å². The molecule has 0 aliphatic heterocycles. The number of benzene rings is 1. The Kier molecular flexibility index (Phi) is 2.52. The molecule has 0 fully saturated rings. The molecule has 0 atom stereocenters. The number of H-pyrrole nitrogens is 1. The highest BCUT2D eigenvalue weighted by Crippen LogP contribution is 2.26. The van der Waals surface area contributed by atoms with Gasteiger partial charge in [-0.2, -0.15) is 0 Å². The standard InChI is InChI=1S/C15H15N3/c16-12-3-1-2-10(4-5-12)15-9-11-8-13(17)6-7-14(11)18-15/h1-3,6-9,16,18H,4-5,17H2. The molecule has 90 valence electrons. The van der Waals surface area contributed by atoms with Gasteiger partial charge in [-0.05, 0) is 48.8 Å². The summed E-state index contributed by atoms with van der Waals surface area (Å²) in [4.78, 5) is 3.41. The molecule has 1 aromatic carbocycles. The maximum absolute atomic E-state index is 7.67. The van der Waals surface area contributed by atoms with E-state index in [-0.39, 0.29) is 0 Å². The molecular weight excluding hydrogens is 222 g/mol. The van der Waals surface area contributed by atoms with E-state index < -0.39 is 0 Å². The number of allylic oxidation sites excluding steroid dienone is 4. The molecule has 3 nitrogen and oxygen atoms in total. The number of rotatable bonds is 1. The van der Waals surface area contributed by atoms with Crippen molar-refractivity contribution in [3.8, 4) is 0 Å². The Morgan fingerprint density at radius 1 is 1.17 bits per heavy atom. The lowest BCUT2D eigenvalue weighted by Crippen LogP contribution is -1.90. The van der Waals surface area contributed by atoms with Gasteiger partial charge in [0.25, 0.3) is 0 Å². The van der Waals surface area contributed by atoms with E-state index in [0.29, 0.717) is 5.71 Å². The second-order valence-corrected chi connectivity index (χ2v) is 4.61. The van der Waals surface area contributed by atoms with Crippen LogP contribution in [0.5, 0.6) is 0 Å². The first-order valence-electron chi connectivity index (χ1n) is 6.06. The van der Waals surface area contributed by atoms with Crippen LogP contribution in [-0.2, 0) is 0 Å². The number of nitrogen functional groups attached to an aromatic ring is 1. The highest BCUT2D eigenvalue weighted by atomic mass is 14.7. The van der Waals surface area contributed by atoms with Crippen LogP contribution < -0.4 is 5.73 Å². The number of nitrogens with one attached hydrogen (secondary N) is 2. The Labute approximate surface area is 106 Å². The summed E-state index contributed by atoms with van der Waals surface area (Å²) in [6.45, 7) is 0. The molecule has 4 N–H and O–H groups in total. The molecule has 0 radical (unpaired) electrons. The van der Waals surface area contributed by atoms with Crippen molar-refractivity contribution < 1.29 is 0 Å². The molecule has 18 heavy (non-hydrogen) atoms. The smallest absolute Gasteiger partial charge is 0.0460 e. The molecule has 0 saturated carbocycles. The molecule has 1 aromatic heterocycles. The van der Waals surface area contributed by atoms with E-state index in [2.05, 4.69) is 17.1 Å². The summed E-state index contributed by atoms with van der Waals surface area (Å²) in [7, 11) is 0. The molecule has 0 unspecified atom stereocenters. The van der Waals surface area contributed by atoms with Crippen LogP contribution in [0.4, 0.5) is 5.69 Å². The van der Waals surface area contributed by atoms with Crippen LogP contribution in [0.15, 0.2) is 42.5 Å². The van der Waals surface area contributed by atoms with E-state index in [1.807, 2.05) is 30.4 Å². The Morgan fingerprint density at radius 3 is 2.94 bits per heavy atom. The predicted octanol–water partition coefficient (Wildman–Crippen LogP) is 3.50. The number of nitrogens with two attached hydrogens (primary N) is 1. The molecular formula is C15H15N3. The minimum Gasteiger partial charge on any atom is -0.399 e. The van der Waals surface area contributed by atoms with Gasteiger partial charge in [-0.15, -0.1) is 0 Å². The van der Waals surface area contributed by atoms with Gasteiger partial charge in [-0.3, -0.25) is 0 Å². The average molecular weight is 237 g/mol. The van der Waals surface area contributed by atoms with Crippen molar-refractivity contribution in [2.75, 3.05) is 5.73 Å². The first-order chi connectivity index (χ1) is 8.72. The van der Waals surface area contributed by atoms with Gasteiger partial charge < -0.3 is 16.1 Å². The van der Waals surface area contributed by atoms with Crippen molar-refractivity contribution in [2.45, 2.75) is 12.8 Å². The van der Waals surface area contributed by atoms with Gasteiger partial charge in [0.1, 0.15) is 0 Å². The number of hydrogen-bond acceptors (Lipinski definition) is 2. The number of fused-ring (bicyclic) bond motifs is 1. The fourth-order valence-corrected chi connectivity index (χ4v) is 2.26. The first-order valence-corrected chi connectivity index (χ1v) is 6.06. The number of anilines is 1. The van der Waals surface area contributed by atoms with Gasteiger partial charge in [0.2, 0.25) is 0 Å². The molecule has 1 aliphatic carbocycles. The fourth-order valence-electron chi connectivity index (χ4n) is 2.26. The molecule has 0 amide bonds. The Hall–Kier alpha value is -2.29. The predicted molar refractivity (Wildman–Crippen MR) is 76.8 cm³/mol. The van der Waals surface area contributed by atoms with Crippen molar-refractivity contribution in [3.63, 3.8) is 0 Å². The van der Waals surface area contributed by atoms with E-state index >= 15 is 0 Å². The zero-order valence-corrected chi connectivity index (χ0v) is 10.0. The largest absolute Gasteiger partial charge is 0.399 e. The second kappa shape index (κ2) is 4.18. The van der Waals surface area contributed by atoms with Crippen LogP contribution >= 0.6 is 0 Å². The van der Waals surface area contributed by atoms with Crippen LogP contribution in [0, 0.1) is 5.41 Å². The summed E-state index contributed by atoms with van der Waals surface area (Å²) < 4.78 is 0. The minimum atomic E-state index is 0.682. The number of hydrogen-bond donors (Lipinski definition) is 3. The molecule has 1 aliphatic rings. The van der Waals surface area contributed by atoms with Crippen molar-refractivity contribution in [1.29, 1.82) is 5.41 Å². The van der Waals surface area contributed by atoms with E-state index in [1.165, 1.54) is 5.57 Å². The average Bonchev–Trinajstić information content (AvgIpc) is 2.63. The Bertz CT molecular complexity index is 674. The lowest BCUT2D eigenvalue weighted by atomic mass is 10.1. The molecule has 1 heterocycles. The maximum atomic E-state index is 7.67. The van der Waals surface area contributed by atoms with E-state index in [9.17, 15) is 0 Å². The quantitative estimate of drug-likeness (QED) is 0.653. The lowest BCUT2D eigenvalue weighted by molar-refractivity contribution is 1.10. The van der Waals surface area contributed by atoms with Crippen LogP contribution in [-0.4, -0.2) is 10.7 Å². The topological polar surface area (TPSA) is 65.7 Å². The molecule has 0 bridgehead atoms. The number of aromatic nitrogens is 1. The molecule has 3 heteroatoms. The van der Waals surface area contributed by atoms with Gasteiger partial charge in [0, 0.05) is 28.0 Å². The van der Waals surface area contributed by atoms with Crippen LogP contribution in [0.2, 0.25) is 0 Å². The van der Waals surface area contributed by atoms with Crippen molar-refractivity contribution in [1.82, 2.24) is 4.98 Å². The summed E-state index contributed by atoms with van der Waals surface area (Å²) in [5.41, 5.74) is 10.7. The summed E-state index contributed by atoms with van der Waals surface area (Å²) in [5, 5.41) is 8.80. The Morgan fingerprint density at radius 2 is 2.06 bits per heavy atom. The maximum Gasteiger partial charge on any atom is 0.0460 e. The third-order valence-corrected chi connectivity index (χ3v) is 3.25. The first kappa shape index (κ1) is 10.8. The second-order valence-electron chi connectivity index (χ2n) is 4.61. The monoisotopic (exact) mass is 237 g/mol. The van der Waals surface area contributed by atoms with Crippen LogP contribution in [0.1, 0.15) is 18.5 Å². The summed E-state index contributed by atoms with van der Waals surface area (Å²) in [6, 6.07) is 8.01. The molecule has 0 saturated heterocycles. The summed E-state index contributed by atoms with van der Waals surface area (Å²) >= 11 is 0. The molecule has 0 spiro atoms. The van der Waals surface area contributed by atoms with Gasteiger partial charge in [-0.1, -0.05) is 12.2 Å². The van der Waals surface area contributed by atoms with Crippen LogP contribution in [0.3, 0.4) is 0 Å². The van der Waals surface area contributed by atoms with Gasteiger partial charge in [-0.25, -0.2) is 0 Å². The highest BCUT2D eigenvalue weighted by Gasteiger charge is 2.08. The van der Waals surface area contributed by atoms with Gasteiger partial charge in [0.05, 0.1) is 0 Å². The summed E-state index contributed by atoms with van der Waals surface area (Å²) in [5.74, 6) is 0. The van der Waals surface area contributed by atoms with E-state index in [4.69, 9.17) is 11.1 Å². The fraction of sp³-hybridized carbons (Fsp3) is 0.133. The summed E-state index contributed by atoms with van der Waals surface area (Å²) in [6.07, 6.45) is 7.57. The SMILES string of the molecule is N=C1C=CC=C(c2cc3cc(N)ccc3[nH]2)CC1. The molecule has 3 rings (SSSR count). The van der Waals surface area contributed by atoms with Gasteiger partial charge >= 0.3 is 0 Å². The van der Waals surface area contributed by atoms with Crippen molar-refractivity contribution >= 4 is 27.9 Å². The van der Waals surface area contributed by atoms with Crippen LogP contribution in [0.25, 0.3) is 16.5 Å². The normalized spacial score (nSPS) is 15.8. The third-order valence-electron chi connectivity index (χ3n) is 3.25. The zero-order chi connectivity index (χ0) is 12.5. The third kappa shape index (κ3) is 1.95. The van der Waals surface area contributed by atoms with Crippen molar-refractivity contribution in [2.24, 2.45) is 0 Å². The Balaban J connectivity index is 2.02. The minimum absolute atomic E-state index is 0.682.